The van der Waals surface area contributed by atoms with Crippen molar-refractivity contribution in [3.05, 3.63) is 34.3 Å². The van der Waals surface area contributed by atoms with Gasteiger partial charge in [0.15, 0.2) is 0 Å². The number of benzene rings is 1. The first-order valence-electron chi connectivity index (χ1n) is 6.75. The summed E-state index contributed by atoms with van der Waals surface area (Å²) in [5.41, 5.74) is 0.170. The molecule has 2 N–H and O–H groups in total. The van der Waals surface area contributed by atoms with E-state index in [-0.39, 0.29) is 6.04 Å². The molecule has 2 rings (SSSR count). The van der Waals surface area contributed by atoms with E-state index in [2.05, 4.69) is 28.2 Å². The minimum Gasteiger partial charge on any atom is -0.384 e. The highest BCUT2D eigenvalue weighted by atomic mass is 79.9. The van der Waals surface area contributed by atoms with Crippen molar-refractivity contribution in [2.24, 2.45) is 5.92 Å². The van der Waals surface area contributed by atoms with Crippen molar-refractivity contribution in [2.45, 2.75) is 44.8 Å². The molecule has 3 heteroatoms. The van der Waals surface area contributed by atoms with Crippen LogP contribution >= 0.6 is 15.9 Å². The van der Waals surface area contributed by atoms with Gasteiger partial charge in [-0.15, -0.1) is 0 Å². The molecule has 0 bridgehead atoms. The van der Waals surface area contributed by atoms with Crippen molar-refractivity contribution >= 4 is 15.9 Å². The Labute approximate surface area is 118 Å². The van der Waals surface area contributed by atoms with Crippen LogP contribution in [-0.4, -0.2) is 17.7 Å². The Bertz CT molecular complexity index is 405. The molecule has 0 aromatic heterocycles. The van der Waals surface area contributed by atoms with Gasteiger partial charge in [-0.2, -0.15) is 0 Å². The second-order valence-corrected chi connectivity index (χ2v) is 6.38. The molecule has 1 aromatic rings. The average molecular weight is 312 g/mol. The summed E-state index contributed by atoms with van der Waals surface area (Å²) >= 11 is 3.47. The molecule has 1 aromatic carbocycles. The van der Waals surface area contributed by atoms with Crippen molar-refractivity contribution in [3.63, 3.8) is 0 Å². The number of piperidine rings is 1. The lowest BCUT2D eigenvalue weighted by molar-refractivity contribution is -0.00313. The van der Waals surface area contributed by atoms with E-state index in [4.69, 9.17) is 0 Å². The molecule has 3 unspecified atom stereocenters. The summed E-state index contributed by atoms with van der Waals surface area (Å²) in [5, 5.41) is 14.3. The molecule has 3 atom stereocenters. The number of nitrogens with one attached hydrogen (secondary N) is 1. The fourth-order valence-corrected chi connectivity index (χ4v) is 3.20. The number of hydrogen-bond donors (Lipinski definition) is 2. The van der Waals surface area contributed by atoms with Crippen molar-refractivity contribution in [2.75, 3.05) is 6.54 Å². The second-order valence-electron chi connectivity index (χ2n) is 5.46. The predicted molar refractivity (Wildman–Crippen MR) is 78.5 cm³/mol. The minimum absolute atomic E-state index is 0.144. The zero-order valence-corrected chi connectivity index (χ0v) is 12.7. The third kappa shape index (κ3) is 2.95. The molecule has 0 amide bonds. The quantitative estimate of drug-likeness (QED) is 0.896. The van der Waals surface area contributed by atoms with E-state index in [1.165, 1.54) is 12.8 Å². The molecule has 1 aliphatic heterocycles. The van der Waals surface area contributed by atoms with Gasteiger partial charge in [0.2, 0.25) is 0 Å². The predicted octanol–water partition coefficient (Wildman–Crippen LogP) is 3.43. The van der Waals surface area contributed by atoms with Gasteiger partial charge < -0.3 is 10.4 Å². The molecule has 1 fully saturated rings. The number of aliphatic hydroxyl groups is 1. The lowest BCUT2D eigenvalue weighted by atomic mass is 9.79. The van der Waals surface area contributed by atoms with Gasteiger partial charge in [0.25, 0.3) is 0 Å². The van der Waals surface area contributed by atoms with Gasteiger partial charge in [-0.05, 0) is 49.9 Å². The van der Waals surface area contributed by atoms with Crippen LogP contribution in [-0.2, 0) is 5.60 Å². The van der Waals surface area contributed by atoms with Gasteiger partial charge in [-0.3, -0.25) is 0 Å². The molecule has 100 valence electrons. The summed E-state index contributed by atoms with van der Waals surface area (Å²) in [7, 11) is 0. The van der Waals surface area contributed by atoms with Crippen molar-refractivity contribution in [1.29, 1.82) is 0 Å². The molecule has 2 nitrogen and oxygen atoms in total. The van der Waals surface area contributed by atoms with Gasteiger partial charge >= 0.3 is 0 Å². The van der Waals surface area contributed by atoms with Crippen LogP contribution in [0.3, 0.4) is 0 Å². The number of hydrogen-bond acceptors (Lipinski definition) is 2. The summed E-state index contributed by atoms with van der Waals surface area (Å²) in [6, 6.07) is 8.13. The summed E-state index contributed by atoms with van der Waals surface area (Å²) in [6.45, 7) is 5.17. The summed E-state index contributed by atoms with van der Waals surface area (Å²) in [4.78, 5) is 0. The Balaban J connectivity index is 2.19. The molecular formula is C15H22BrNO. The third-order valence-electron chi connectivity index (χ3n) is 4.18. The Morgan fingerprint density at radius 1 is 1.50 bits per heavy atom. The fraction of sp³-hybridized carbons (Fsp3) is 0.600. The van der Waals surface area contributed by atoms with E-state index in [0.29, 0.717) is 0 Å². The maximum atomic E-state index is 10.9. The van der Waals surface area contributed by atoms with Crippen LogP contribution in [0.15, 0.2) is 28.7 Å². The topological polar surface area (TPSA) is 32.3 Å². The van der Waals surface area contributed by atoms with Crippen LogP contribution < -0.4 is 5.32 Å². The Morgan fingerprint density at radius 2 is 2.28 bits per heavy atom. The zero-order valence-electron chi connectivity index (χ0n) is 11.1. The van der Waals surface area contributed by atoms with Crippen LogP contribution in [0.25, 0.3) is 0 Å². The molecule has 18 heavy (non-hydrogen) atoms. The molecule has 0 saturated carbocycles. The highest BCUT2D eigenvalue weighted by Gasteiger charge is 2.36. The molecule has 0 spiro atoms. The van der Waals surface area contributed by atoms with Crippen LogP contribution in [0.5, 0.6) is 0 Å². The van der Waals surface area contributed by atoms with Gasteiger partial charge in [-0.1, -0.05) is 41.4 Å². The van der Waals surface area contributed by atoms with E-state index < -0.39 is 5.60 Å². The largest absolute Gasteiger partial charge is 0.384 e. The zero-order chi connectivity index (χ0) is 13.2. The van der Waals surface area contributed by atoms with Gasteiger partial charge in [0, 0.05) is 10.5 Å². The third-order valence-corrected chi connectivity index (χ3v) is 4.67. The summed E-state index contributed by atoms with van der Waals surface area (Å²) < 4.78 is 1.02. The normalized spacial score (nSPS) is 27.8. The highest BCUT2D eigenvalue weighted by molar-refractivity contribution is 9.10. The smallest absolute Gasteiger partial charge is 0.102 e. The van der Waals surface area contributed by atoms with Gasteiger partial charge in [0.1, 0.15) is 5.60 Å². The van der Waals surface area contributed by atoms with Crippen molar-refractivity contribution in [1.82, 2.24) is 5.32 Å². The number of rotatable bonds is 3. The van der Waals surface area contributed by atoms with E-state index in [9.17, 15) is 5.11 Å². The molecule has 1 saturated heterocycles. The van der Waals surface area contributed by atoms with E-state index in [0.717, 1.165) is 28.9 Å². The second kappa shape index (κ2) is 5.72. The lowest BCUT2D eigenvalue weighted by Gasteiger charge is -2.39. The van der Waals surface area contributed by atoms with Gasteiger partial charge in [-0.25, -0.2) is 0 Å². The number of halogens is 1. The molecule has 0 radical (unpaired) electrons. The molecule has 0 aliphatic carbocycles. The first kappa shape index (κ1) is 14.0. The first-order valence-corrected chi connectivity index (χ1v) is 7.55. The van der Waals surface area contributed by atoms with E-state index >= 15 is 0 Å². The van der Waals surface area contributed by atoms with Gasteiger partial charge in [0.05, 0.1) is 0 Å². The molecule has 1 heterocycles. The Kier molecular flexibility index (Phi) is 4.46. The van der Waals surface area contributed by atoms with Crippen LogP contribution in [0.4, 0.5) is 0 Å². The monoisotopic (exact) mass is 311 g/mol. The van der Waals surface area contributed by atoms with E-state index in [1.807, 2.05) is 31.2 Å². The average Bonchev–Trinajstić information content (AvgIpc) is 2.39. The van der Waals surface area contributed by atoms with Crippen LogP contribution in [0, 0.1) is 5.92 Å². The van der Waals surface area contributed by atoms with Crippen molar-refractivity contribution in [3.8, 4) is 0 Å². The summed E-state index contributed by atoms with van der Waals surface area (Å²) in [5.74, 6) is 0.731. The van der Waals surface area contributed by atoms with Crippen LogP contribution in [0.2, 0.25) is 0 Å². The maximum Gasteiger partial charge on any atom is 0.102 e. The van der Waals surface area contributed by atoms with Crippen molar-refractivity contribution < 1.29 is 5.11 Å². The molecule has 1 aliphatic rings. The Hall–Kier alpha value is -0.380. The first-order chi connectivity index (χ1) is 8.54. The summed E-state index contributed by atoms with van der Waals surface area (Å²) in [6.07, 6.45) is 3.48. The Morgan fingerprint density at radius 3 is 2.94 bits per heavy atom. The standard InChI is InChI=1S/C15H22BrNO/c1-3-11-7-8-17-14(9-11)15(2,18)12-5-4-6-13(16)10-12/h4-6,10-11,14,17-18H,3,7-9H2,1-2H3. The molecular weight excluding hydrogens is 290 g/mol. The van der Waals surface area contributed by atoms with E-state index in [1.54, 1.807) is 0 Å². The lowest BCUT2D eigenvalue weighted by Crippen LogP contribution is -2.51. The highest BCUT2D eigenvalue weighted by Crippen LogP contribution is 2.33. The fourth-order valence-electron chi connectivity index (χ4n) is 2.80. The minimum atomic E-state index is -0.808. The SMILES string of the molecule is CCC1CCNC(C(C)(O)c2cccc(Br)c2)C1. The maximum absolute atomic E-state index is 10.9. The van der Waals surface area contributed by atoms with Crippen LogP contribution in [0.1, 0.15) is 38.7 Å².